The number of nitrogens with zero attached hydrogens (tertiary/aromatic N) is 1. The Labute approximate surface area is 183 Å². The van der Waals surface area contributed by atoms with E-state index in [-0.39, 0.29) is 11.9 Å². The lowest BCUT2D eigenvalue weighted by Crippen LogP contribution is -2.41. The van der Waals surface area contributed by atoms with Crippen LogP contribution in [0.3, 0.4) is 0 Å². The van der Waals surface area contributed by atoms with Crippen LogP contribution in [0, 0.1) is 6.92 Å². The maximum Gasteiger partial charge on any atom is 0.339 e. The van der Waals surface area contributed by atoms with Crippen molar-refractivity contribution in [1.82, 2.24) is 10.3 Å². The second-order valence-corrected chi connectivity index (χ2v) is 7.91. The van der Waals surface area contributed by atoms with Crippen LogP contribution in [-0.2, 0) is 22.4 Å². The summed E-state index contributed by atoms with van der Waals surface area (Å²) in [5.74, 6) is -0.786. The Hall–Kier alpha value is -3.21. The van der Waals surface area contributed by atoms with Crippen molar-refractivity contribution in [3.8, 4) is 0 Å². The number of carbonyl (C=O) groups is 2. The normalized spacial score (nSPS) is 12.9. The van der Waals surface area contributed by atoms with Crippen LogP contribution in [0.4, 0.5) is 0 Å². The number of esters is 1. The van der Waals surface area contributed by atoms with Gasteiger partial charge in [-0.15, -0.1) is 0 Å². The Morgan fingerprint density at radius 2 is 1.71 bits per heavy atom. The molecule has 0 spiro atoms. The van der Waals surface area contributed by atoms with Gasteiger partial charge in [0.05, 0.1) is 11.1 Å². The van der Waals surface area contributed by atoms with Crippen LogP contribution < -0.4 is 5.32 Å². The molecule has 0 unspecified atom stereocenters. The van der Waals surface area contributed by atoms with Gasteiger partial charge in [0.1, 0.15) is 0 Å². The number of pyridine rings is 1. The molecular weight excluding hydrogens is 388 g/mol. The summed E-state index contributed by atoms with van der Waals surface area (Å²) in [5.41, 5.74) is 4.13. The molecule has 5 heteroatoms. The van der Waals surface area contributed by atoms with E-state index >= 15 is 0 Å². The summed E-state index contributed by atoms with van der Waals surface area (Å²) in [5, 5.41) is 3.69. The van der Waals surface area contributed by atoms with Gasteiger partial charge in [-0.3, -0.25) is 9.78 Å². The molecule has 2 aromatic carbocycles. The highest BCUT2D eigenvalue weighted by molar-refractivity contribution is 6.05. The number of carbonyl (C=O) groups excluding carboxylic acids is 2. The van der Waals surface area contributed by atoms with Gasteiger partial charge in [0.25, 0.3) is 5.91 Å². The smallest absolute Gasteiger partial charge is 0.339 e. The van der Waals surface area contributed by atoms with Gasteiger partial charge in [-0.1, -0.05) is 55.5 Å². The van der Waals surface area contributed by atoms with Crippen molar-refractivity contribution < 1.29 is 14.3 Å². The summed E-state index contributed by atoms with van der Waals surface area (Å²) in [6.45, 7) is 7.46. The monoisotopic (exact) mass is 418 g/mol. The van der Waals surface area contributed by atoms with E-state index in [1.807, 2.05) is 63.2 Å². The van der Waals surface area contributed by atoms with Crippen LogP contribution in [-0.4, -0.2) is 29.0 Å². The molecule has 0 bridgehead atoms. The molecule has 0 saturated heterocycles. The van der Waals surface area contributed by atoms with Crippen LogP contribution in [0.25, 0.3) is 10.9 Å². The molecule has 1 heterocycles. The molecule has 0 aliphatic rings. The van der Waals surface area contributed by atoms with E-state index in [0.29, 0.717) is 12.0 Å². The van der Waals surface area contributed by atoms with Crippen molar-refractivity contribution in [3.05, 3.63) is 77.0 Å². The minimum absolute atomic E-state index is 0.0240. The van der Waals surface area contributed by atoms with E-state index in [1.54, 1.807) is 6.92 Å². The van der Waals surface area contributed by atoms with Gasteiger partial charge in [0.15, 0.2) is 6.10 Å². The van der Waals surface area contributed by atoms with Crippen molar-refractivity contribution in [2.75, 3.05) is 0 Å². The van der Waals surface area contributed by atoms with E-state index in [4.69, 9.17) is 4.74 Å². The largest absolute Gasteiger partial charge is 0.449 e. The molecule has 3 aromatic rings. The standard InChI is InChI=1S/C26H30N2O3/c1-5-22-18(3)24(21-13-9-10-14-23(21)28-22)26(30)31-19(4)25(29)27-17(2)15-16-20-11-7-6-8-12-20/h6-14,17,19H,5,15-16H2,1-4H3,(H,27,29)/t17-,19+/m1/s1. The molecule has 1 N–H and O–H groups in total. The van der Waals surface area contributed by atoms with E-state index in [0.717, 1.165) is 35.0 Å². The minimum atomic E-state index is -0.886. The molecular formula is C26H30N2O3. The molecule has 3 rings (SSSR count). The molecule has 31 heavy (non-hydrogen) atoms. The van der Waals surface area contributed by atoms with Gasteiger partial charge >= 0.3 is 5.97 Å². The number of benzene rings is 2. The quantitative estimate of drug-likeness (QED) is 0.534. The van der Waals surface area contributed by atoms with Crippen molar-refractivity contribution in [1.29, 1.82) is 0 Å². The lowest BCUT2D eigenvalue weighted by atomic mass is 10.0. The van der Waals surface area contributed by atoms with Crippen LogP contribution in [0.15, 0.2) is 54.6 Å². The Bertz CT molecular complexity index is 1060. The number of aromatic nitrogens is 1. The highest BCUT2D eigenvalue weighted by Gasteiger charge is 2.24. The van der Waals surface area contributed by atoms with Crippen molar-refractivity contribution in [2.45, 2.75) is 59.1 Å². The summed E-state index contributed by atoms with van der Waals surface area (Å²) < 4.78 is 5.57. The summed E-state index contributed by atoms with van der Waals surface area (Å²) in [7, 11) is 0. The van der Waals surface area contributed by atoms with Crippen LogP contribution in [0.5, 0.6) is 0 Å². The third-order valence-electron chi connectivity index (χ3n) is 5.53. The third kappa shape index (κ3) is 5.48. The predicted molar refractivity (Wildman–Crippen MR) is 123 cm³/mol. The minimum Gasteiger partial charge on any atom is -0.449 e. The fourth-order valence-electron chi connectivity index (χ4n) is 3.70. The first-order valence-corrected chi connectivity index (χ1v) is 10.8. The van der Waals surface area contributed by atoms with Gasteiger partial charge in [0, 0.05) is 17.1 Å². The van der Waals surface area contributed by atoms with Gasteiger partial charge in [-0.05, 0) is 57.2 Å². The molecule has 0 radical (unpaired) electrons. The molecule has 2 atom stereocenters. The topological polar surface area (TPSA) is 68.3 Å². The van der Waals surface area contributed by atoms with Gasteiger partial charge in [-0.2, -0.15) is 0 Å². The fourth-order valence-corrected chi connectivity index (χ4v) is 3.70. The average Bonchev–Trinajstić information content (AvgIpc) is 2.77. The van der Waals surface area contributed by atoms with Gasteiger partial charge in [-0.25, -0.2) is 4.79 Å². The number of fused-ring (bicyclic) bond motifs is 1. The first-order chi connectivity index (χ1) is 14.9. The molecule has 5 nitrogen and oxygen atoms in total. The predicted octanol–water partition coefficient (Wildman–Crippen LogP) is 4.79. The SMILES string of the molecule is CCc1nc2ccccc2c(C(=O)O[C@@H](C)C(=O)N[C@H](C)CCc2ccccc2)c1C. The second kappa shape index (κ2) is 10.2. The van der Waals surface area contributed by atoms with Crippen molar-refractivity contribution in [3.63, 3.8) is 0 Å². The zero-order valence-corrected chi connectivity index (χ0v) is 18.6. The number of para-hydroxylation sites is 1. The number of aryl methyl sites for hydroxylation is 2. The summed E-state index contributed by atoms with van der Waals surface area (Å²) >= 11 is 0. The average molecular weight is 419 g/mol. The molecule has 0 aliphatic carbocycles. The number of amides is 1. The summed E-state index contributed by atoms with van der Waals surface area (Å²) in [4.78, 5) is 30.3. The molecule has 162 valence electrons. The molecule has 0 aliphatic heterocycles. The fraction of sp³-hybridized carbons (Fsp3) is 0.346. The van der Waals surface area contributed by atoms with Gasteiger partial charge in [0.2, 0.25) is 0 Å². The number of nitrogens with one attached hydrogen (secondary N) is 1. The van der Waals surface area contributed by atoms with Crippen LogP contribution >= 0.6 is 0 Å². The molecule has 1 aromatic heterocycles. The Balaban J connectivity index is 1.66. The maximum atomic E-state index is 13.0. The number of hydrogen-bond donors (Lipinski definition) is 1. The lowest BCUT2D eigenvalue weighted by molar-refractivity contribution is -0.129. The van der Waals surface area contributed by atoms with E-state index in [2.05, 4.69) is 22.4 Å². The lowest BCUT2D eigenvalue weighted by Gasteiger charge is -2.19. The summed E-state index contributed by atoms with van der Waals surface area (Å²) in [6.07, 6.45) is 1.51. The Morgan fingerprint density at radius 1 is 1.03 bits per heavy atom. The van der Waals surface area contributed by atoms with E-state index in [9.17, 15) is 9.59 Å². The van der Waals surface area contributed by atoms with E-state index < -0.39 is 12.1 Å². The van der Waals surface area contributed by atoms with Gasteiger partial charge < -0.3 is 10.1 Å². The first-order valence-electron chi connectivity index (χ1n) is 10.8. The zero-order chi connectivity index (χ0) is 22.4. The van der Waals surface area contributed by atoms with Crippen molar-refractivity contribution >= 4 is 22.8 Å². The second-order valence-electron chi connectivity index (χ2n) is 7.91. The number of hydrogen-bond acceptors (Lipinski definition) is 4. The molecule has 0 saturated carbocycles. The summed E-state index contributed by atoms with van der Waals surface area (Å²) in [6, 6.07) is 17.6. The van der Waals surface area contributed by atoms with Crippen molar-refractivity contribution in [2.24, 2.45) is 0 Å². The number of rotatable bonds is 8. The first kappa shape index (κ1) is 22.5. The Kier molecular flexibility index (Phi) is 7.40. The highest BCUT2D eigenvalue weighted by Crippen LogP contribution is 2.24. The Morgan fingerprint density at radius 3 is 2.42 bits per heavy atom. The molecule has 1 amide bonds. The van der Waals surface area contributed by atoms with Crippen LogP contribution in [0.1, 0.15) is 54.4 Å². The molecule has 0 fully saturated rings. The van der Waals surface area contributed by atoms with Crippen LogP contribution in [0.2, 0.25) is 0 Å². The highest BCUT2D eigenvalue weighted by atomic mass is 16.5. The maximum absolute atomic E-state index is 13.0. The third-order valence-corrected chi connectivity index (χ3v) is 5.53. The zero-order valence-electron chi connectivity index (χ0n) is 18.6. The number of ether oxygens (including phenoxy) is 1. The van der Waals surface area contributed by atoms with E-state index in [1.165, 1.54) is 5.56 Å².